The molecule has 1 aliphatic rings. The zero-order valence-corrected chi connectivity index (χ0v) is 16.4. The summed E-state index contributed by atoms with van der Waals surface area (Å²) in [6.45, 7) is 0.379. The highest BCUT2D eigenvalue weighted by Gasteiger charge is 2.28. The number of hydrogen-bond donors (Lipinski definition) is 2. The molecule has 1 aromatic heterocycles. The molecule has 1 aliphatic carbocycles. The number of carbonyl (C=O) groups is 2. The normalized spacial score (nSPS) is 12.4. The van der Waals surface area contributed by atoms with E-state index in [1.54, 1.807) is 12.2 Å². The molecule has 1 amide bonds. The monoisotopic (exact) mass is 418 g/mol. The van der Waals surface area contributed by atoms with E-state index in [0.717, 1.165) is 22.3 Å². The molecule has 156 valence electrons. The SMILES string of the molecule is O=C(NCC=Cc1cnc(F)c(C(=O)O)c1)OCC1c2ccccc2-c2ccccc21. The van der Waals surface area contributed by atoms with Crippen LogP contribution in [0.5, 0.6) is 0 Å². The van der Waals surface area contributed by atoms with Crippen LogP contribution in [0.15, 0.2) is 66.9 Å². The summed E-state index contributed by atoms with van der Waals surface area (Å²) in [5.74, 6) is -2.45. The Morgan fingerprint density at radius 3 is 2.39 bits per heavy atom. The van der Waals surface area contributed by atoms with Crippen molar-refractivity contribution in [3.63, 3.8) is 0 Å². The van der Waals surface area contributed by atoms with Gasteiger partial charge in [0.15, 0.2) is 0 Å². The molecule has 0 atom stereocenters. The van der Waals surface area contributed by atoms with Gasteiger partial charge in [-0.25, -0.2) is 14.6 Å². The van der Waals surface area contributed by atoms with Crippen LogP contribution in [-0.2, 0) is 4.74 Å². The van der Waals surface area contributed by atoms with Gasteiger partial charge in [0.1, 0.15) is 12.2 Å². The number of nitrogens with one attached hydrogen (secondary N) is 1. The topological polar surface area (TPSA) is 88.5 Å². The summed E-state index contributed by atoms with van der Waals surface area (Å²) in [5.41, 5.74) is 4.48. The van der Waals surface area contributed by atoms with Crippen LogP contribution in [-0.4, -0.2) is 35.3 Å². The number of carboxylic acid groups (broad SMARTS) is 1. The number of hydrogen-bond acceptors (Lipinski definition) is 4. The number of amides is 1. The first-order valence-corrected chi connectivity index (χ1v) is 9.69. The molecule has 0 bridgehead atoms. The zero-order chi connectivity index (χ0) is 21.8. The summed E-state index contributed by atoms with van der Waals surface area (Å²) >= 11 is 0. The van der Waals surface area contributed by atoms with Crippen molar-refractivity contribution in [2.45, 2.75) is 5.92 Å². The smallest absolute Gasteiger partial charge is 0.407 e. The minimum absolute atomic E-state index is 0.0200. The van der Waals surface area contributed by atoms with Crippen LogP contribution in [0.25, 0.3) is 17.2 Å². The summed E-state index contributed by atoms with van der Waals surface area (Å²) in [5, 5.41) is 11.5. The number of rotatable bonds is 6. The van der Waals surface area contributed by atoms with Gasteiger partial charge in [0.2, 0.25) is 5.95 Å². The highest BCUT2D eigenvalue weighted by Crippen LogP contribution is 2.44. The van der Waals surface area contributed by atoms with Gasteiger partial charge in [0.25, 0.3) is 0 Å². The number of carbonyl (C=O) groups excluding carboxylic acids is 1. The van der Waals surface area contributed by atoms with Gasteiger partial charge in [-0.15, -0.1) is 0 Å². The number of pyridine rings is 1. The number of alkyl carbamates (subject to hydrolysis) is 1. The van der Waals surface area contributed by atoms with E-state index in [1.165, 1.54) is 12.3 Å². The summed E-state index contributed by atoms with van der Waals surface area (Å²) < 4.78 is 18.8. The van der Waals surface area contributed by atoms with Crippen molar-refractivity contribution in [2.75, 3.05) is 13.2 Å². The van der Waals surface area contributed by atoms with E-state index in [9.17, 15) is 14.0 Å². The van der Waals surface area contributed by atoms with Crippen molar-refractivity contribution in [2.24, 2.45) is 0 Å². The average Bonchev–Trinajstić information content (AvgIpc) is 3.10. The number of benzene rings is 2. The van der Waals surface area contributed by atoms with Crippen molar-refractivity contribution in [3.8, 4) is 11.1 Å². The third-order valence-corrected chi connectivity index (χ3v) is 5.11. The highest BCUT2D eigenvalue weighted by atomic mass is 19.1. The third kappa shape index (κ3) is 4.30. The molecule has 0 saturated heterocycles. The number of fused-ring (bicyclic) bond motifs is 3. The first-order valence-electron chi connectivity index (χ1n) is 9.69. The summed E-state index contributed by atoms with van der Waals surface area (Å²) in [6.07, 6.45) is 3.80. The lowest BCUT2D eigenvalue weighted by Gasteiger charge is -2.14. The molecule has 1 heterocycles. The molecule has 3 aromatic rings. The zero-order valence-electron chi connectivity index (χ0n) is 16.4. The van der Waals surface area contributed by atoms with Crippen molar-refractivity contribution in [1.82, 2.24) is 10.3 Å². The fourth-order valence-corrected chi connectivity index (χ4v) is 3.69. The molecule has 4 rings (SSSR count). The number of ether oxygens (including phenoxy) is 1. The fraction of sp³-hybridized carbons (Fsp3) is 0.125. The Kier molecular flexibility index (Phi) is 5.75. The molecule has 0 unspecified atom stereocenters. The van der Waals surface area contributed by atoms with Crippen molar-refractivity contribution < 1.29 is 23.8 Å². The first-order chi connectivity index (χ1) is 15.0. The molecular formula is C24H19FN2O4. The lowest BCUT2D eigenvalue weighted by molar-refractivity contribution is 0.0690. The second kappa shape index (κ2) is 8.79. The van der Waals surface area contributed by atoms with Crippen LogP contribution in [0.4, 0.5) is 9.18 Å². The molecule has 7 heteroatoms. The molecule has 0 spiro atoms. The highest BCUT2D eigenvalue weighted by molar-refractivity contribution is 5.88. The van der Waals surface area contributed by atoms with Crippen LogP contribution in [0.1, 0.15) is 33.0 Å². The molecule has 0 radical (unpaired) electrons. The van der Waals surface area contributed by atoms with Gasteiger partial charge in [-0.3, -0.25) is 0 Å². The third-order valence-electron chi connectivity index (χ3n) is 5.11. The van der Waals surface area contributed by atoms with E-state index >= 15 is 0 Å². The maximum absolute atomic E-state index is 13.3. The average molecular weight is 418 g/mol. The Balaban J connectivity index is 1.33. The standard InChI is InChI=1S/C24H19FN2O4/c25-22-20(23(28)29)12-15(13-27-22)6-5-11-26-24(30)31-14-21-18-9-3-1-7-16(18)17-8-2-4-10-19(17)21/h1-10,12-13,21H,11,14H2,(H,26,30)(H,28,29). The summed E-state index contributed by atoms with van der Waals surface area (Å²) in [6, 6.07) is 17.3. The quantitative estimate of drug-likeness (QED) is 0.577. The fourth-order valence-electron chi connectivity index (χ4n) is 3.69. The van der Waals surface area contributed by atoms with Crippen LogP contribution < -0.4 is 5.32 Å². The van der Waals surface area contributed by atoms with Gasteiger partial charge < -0.3 is 15.2 Å². The second-order valence-electron chi connectivity index (χ2n) is 7.02. The van der Waals surface area contributed by atoms with Gasteiger partial charge in [-0.2, -0.15) is 4.39 Å². The molecule has 0 saturated carbocycles. The van der Waals surface area contributed by atoms with Crippen molar-refractivity contribution in [1.29, 1.82) is 0 Å². The van der Waals surface area contributed by atoms with Crippen molar-refractivity contribution in [3.05, 3.63) is 95.1 Å². The molecule has 6 nitrogen and oxygen atoms in total. The number of carboxylic acids is 1. The molecule has 2 N–H and O–H groups in total. The van der Waals surface area contributed by atoms with E-state index < -0.39 is 23.6 Å². The summed E-state index contributed by atoms with van der Waals surface area (Å²) in [4.78, 5) is 26.5. The summed E-state index contributed by atoms with van der Waals surface area (Å²) in [7, 11) is 0. The number of halogens is 1. The maximum Gasteiger partial charge on any atom is 0.407 e. The van der Waals surface area contributed by atoms with E-state index in [-0.39, 0.29) is 19.1 Å². The first kappa shape index (κ1) is 20.3. The molecule has 31 heavy (non-hydrogen) atoms. The largest absolute Gasteiger partial charge is 0.478 e. The Bertz CT molecular complexity index is 1130. The predicted octanol–water partition coefficient (Wildman–Crippen LogP) is 4.47. The van der Waals surface area contributed by atoms with E-state index in [1.807, 2.05) is 36.4 Å². The van der Waals surface area contributed by atoms with E-state index in [4.69, 9.17) is 9.84 Å². The number of aromatic carboxylic acids is 1. The van der Waals surface area contributed by atoms with E-state index in [0.29, 0.717) is 5.56 Å². The number of nitrogens with zero attached hydrogens (tertiary/aromatic N) is 1. The molecular weight excluding hydrogens is 399 g/mol. The van der Waals surface area contributed by atoms with E-state index in [2.05, 4.69) is 22.4 Å². The van der Waals surface area contributed by atoms with Gasteiger partial charge in [-0.05, 0) is 33.9 Å². The van der Waals surface area contributed by atoms with Crippen molar-refractivity contribution >= 4 is 18.1 Å². The minimum Gasteiger partial charge on any atom is -0.478 e. The Morgan fingerprint density at radius 2 is 1.74 bits per heavy atom. The minimum atomic E-state index is -1.39. The molecule has 2 aromatic carbocycles. The second-order valence-corrected chi connectivity index (χ2v) is 7.02. The van der Waals surface area contributed by atoms with Gasteiger partial charge >= 0.3 is 12.1 Å². The number of aromatic nitrogens is 1. The van der Waals surface area contributed by atoms with Crippen LogP contribution in [0.3, 0.4) is 0 Å². The Labute approximate surface area is 178 Å². The lowest BCUT2D eigenvalue weighted by atomic mass is 9.98. The van der Waals surface area contributed by atoms with Gasteiger partial charge in [-0.1, -0.05) is 60.7 Å². The molecule has 0 aliphatic heterocycles. The van der Waals surface area contributed by atoms with Gasteiger partial charge in [0.05, 0.1) is 0 Å². The molecule has 0 fully saturated rings. The Morgan fingerprint density at radius 1 is 1.10 bits per heavy atom. The lowest BCUT2D eigenvalue weighted by Crippen LogP contribution is -2.26. The predicted molar refractivity (Wildman–Crippen MR) is 113 cm³/mol. The van der Waals surface area contributed by atoms with Gasteiger partial charge in [0, 0.05) is 18.7 Å². The maximum atomic E-state index is 13.3. The van der Waals surface area contributed by atoms with Crippen LogP contribution in [0.2, 0.25) is 0 Å². The van der Waals surface area contributed by atoms with Crippen LogP contribution >= 0.6 is 0 Å². The van der Waals surface area contributed by atoms with Crippen LogP contribution in [0, 0.1) is 5.95 Å². The Hall–Kier alpha value is -4.00.